The predicted octanol–water partition coefficient (Wildman–Crippen LogP) is 5.18. The first-order valence-corrected chi connectivity index (χ1v) is 12.7. The lowest BCUT2D eigenvalue weighted by atomic mass is 9.72. The van der Waals surface area contributed by atoms with Gasteiger partial charge in [0.25, 0.3) is 5.91 Å². The van der Waals surface area contributed by atoms with Crippen LogP contribution in [0.25, 0.3) is 0 Å². The monoisotopic (exact) mass is 490 g/mol. The van der Waals surface area contributed by atoms with Gasteiger partial charge >= 0.3 is 0 Å². The van der Waals surface area contributed by atoms with E-state index in [4.69, 9.17) is 14.5 Å². The number of carbonyl (C=O) groups is 1. The summed E-state index contributed by atoms with van der Waals surface area (Å²) in [4.78, 5) is 17.8. The second-order valence-electron chi connectivity index (χ2n) is 8.72. The molecule has 7 heteroatoms. The van der Waals surface area contributed by atoms with E-state index in [1.165, 1.54) is 17.8 Å². The normalized spacial score (nSPS) is 23.7. The molecular formula is C28H27FN2O3S. The Morgan fingerprint density at radius 1 is 1.06 bits per heavy atom. The van der Waals surface area contributed by atoms with Gasteiger partial charge in [-0.15, -0.1) is 0 Å². The number of ether oxygens (including phenoxy) is 2. The number of nitrogens with zero attached hydrogens (tertiary/aromatic N) is 1. The van der Waals surface area contributed by atoms with Crippen LogP contribution >= 0.6 is 11.8 Å². The average Bonchev–Trinajstić information content (AvgIpc) is 2.90. The number of thioether (sulfide) groups is 1. The molecule has 0 unspecified atom stereocenters. The van der Waals surface area contributed by atoms with Crippen LogP contribution in [0.3, 0.4) is 0 Å². The van der Waals surface area contributed by atoms with E-state index in [0.29, 0.717) is 48.3 Å². The third kappa shape index (κ3) is 5.17. The molecule has 5 nitrogen and oxygen atoms in total. The third-order valence-electron chi connectivity index (χ3n) is 6.57. The van der Waals surface area contributed by atoms with Crippen molar-refractivity contribution in [3.63, 3.8) is 0 Å². The van der Waals surface area contributed by atoms with Gasteiger partial charge < -0.3 is 14.8 Å². The summed E-state index contributed by atoms with van der Waals surface area (Å²) in [6.07, 6.45) is 0.286. The second-order valence-corrected chi connectivity index (χ2v) is 9.73. The van der Waals surface area contributed by atoms with Gasteiger partial charge in [0, 0.05) is 35.8 Å². The largest absolute Gasteiger partial charge is 0.375 e. The van der Waals surface area contributed by atoms with Gasteiger partial charge in [0.1, 0.15) is 5.82 Å². The standard InChI is InChI=1S/C28H27FN2O3S/c29-24-14-8-7-13-22(24)28-15-16-34-25(18-33-17-20-9-3-1-4-10-20)23(28)19-35-27(31-28)30-26(32)21-11-5-2-6-12-21/h1-14,23,25H,15-19H2,(H,30,31,32)/t23-,25-,28-/m1/s1. The Labute approximate surface area is 208 Å². The highest BCUT2D eigenvalue weighted by Gasteiger charge is 2.51. The predicted molar refractivity (Wildman–Crippen MR) is 136 cm³/mol. The fourth-order valence-electron chi connectivity index (χ4n) is 4.80. The maximum absolute atomic E-state index is 15.2. The van der Waals surface area contributed by atoms with Gasteiger partial charge in [0.15, 0.2) is 5.17 Å². The Hall–Kier alpha value is -3.00. The lowest BCUT2D eigenvalue weighted by Crippen LogP contribution is -2.53. The van der Waals surface area contributed by atoms with Gasteiger partial charge in [-0.25, -0.2) is 4.39 Å². The fourth-order valence-corrected chi connectivity index (χ4v) is 6.02. The summed E-state index contributed by atoms with van der Waals surface area (Å²) in [5.74, 6) is -0.00505. The van der Waals surface area contributed by atoms with Crippen LogP contribution in [0.1, 0.15) is 27.9 Å². The number of carbonyl (C=O) groups excluding carboxylic acids is 1. The van der Waals surface area contributed by atoms with Gasteiger partial charge in [-0.2, -0.15) is 0 Å². The molecule has 2 aliphatic rings. The molecule has 0 saturated carbocycles. The minimum Gasteiger partial charge on any atom is -0.375 e. The first-order valence-electron chi connectivity index (χ1n) is 11.7. The van der Waals surface area contributed by atoms with Crippen LogP contribution in [0.5, 0.6) is 0 Å². The topological polar surface area (TPSA) is 59.9 Å². The molecule has 180 valence electrons. The van der Waals surface area contributed by atoms with Crippen molar-refractivity contribution in [2.45, 2.75) is 24.7 Å². The Kier molecular flexibility index (Phi) is 7.27. The van der Waals surface area contributed by atoms with Crippen molar-refractivity contribution in [1.29, 1.82) is 0 Å². The van der Waals surface area contributed by atoms with Crippen LogP contribution in [0.4, 0.5) is 4.39 Å². The van der Waals surface area contributed by atoms with Crippen LogP contribution in [0, 0.1) is 11.7 Å². The summed E-state index contributed by atoms with van der Waals surface area (Å²) in [5, 5.41) is 3.45. The molecule has 3 aromatic carbocycles. The van der Waals surface area contributed by atoms with E-state index >= 15 is 4.39 Å². The van der Waals surface area contributed by atoms with E-state index in [-0.39, 0.29) is 23.7 Å². The van der Waals surface area contributed by atoms with E-state index in [1.807, 2.05) is 54.6 Å². The van der Waals surface area contributed by atoms with Gasteiger partial charge in [0.2, 0.25) is 0 Å². The number of benzene rings is 3. The van der Waals surface area contributed by atoms with E-state index in [9.17, 15) is 4.79 Å². The molecule has 1 saturated heterocycles. The number of amides is 1. The van der Waals surface area contributed by atoms with Crippen molar-refractivity contribution in [3.8, 4) is 0 Å². The molecule has 3 aromatic rings. The van der Waals surface area contributed by atoms with Crippen LogP contribution in [-0.4, -0.2) is 36.1 Å². The van der Waals surface area contributed by atoms with Crippen LogP contribution in [0.2, 0.25) is 0 Å². The van der Waals surface area contributed by atoms with E-state index < -0.39 is 5.54 Å². The minimum atomic E-state index is -0.838. The highest BCUT2D eigenvalue weighted by molar-refractivity contribution is 8.13. The zero-order valence-electron chi connectivity index (χ0n) is 19.2. The maximum Gasteiger partial charge on any atom is 0.257 e. The molecular weight excluding hydrogens is 463 g/mol. The molecule has 5 rings (SSSR count). The molecule has 0 radical (unpaired) electrons. The Bertz CT molecular complexity index is 1190. The highest BCUT2D eigenvalue weighted by Crippen LogP contribution is 2.48. The molecule has 0 bridgehead atoms. The van der Waals surface area contributed by atoms with Gasteiger partial charge in [-0.1, -0.05) is 78.5 Å². The van der Waals surface area contributed by atoms with Crippen molar-refractivity contribution in [2.24, 2.45) is 10.9 Å². The molecule has 1 N–H and O–H groups in total. The molecule has 1 fully saturated rings. The molecule has 2 aliphatic heterocycles. The Morgan fingerprint density at radius 3 is 2.54 bits per heavy atom. The van der Waals surface area contributed by atoms with Crippen LogP contribution in [0.15, 0.2) is 89.9 Å². The summed E-state index contributed by atoms with van der Waals surface area (Å²) in [7, 11) is 0. The SMILES string of the molecule is O=C(NC1=N[C@@]2(c3ccccc3F)CCO[C@H](COCc3ccccc3)[C@H]2CS1)c1ccccc1. The molecule has 0 aliphatic carbocycles. The summed E-state index contributed by atoms with van der Waals surface area (Å²) in [6, 6.07) is 25.8. The third-order valence-corrected chi connectivity index (χ3v) is 7.56. The number of rotatable bonds is 6. The number of hydrogen-bond donors (Lipinski definition) is 1. The van der Waals surface area contributed by atoms with Crippen molar-refractivity contribution in [3.05, 3.63) is 107 Å². The van der Waals surface area contributed by atoms with E-state index in [2.05, 4.69) is 5.32 Å². The van der Waals surface area contributed by atoms with Crippen molar-refractivity contribution < 1.29 is 18.7 Å². The average molecular weight is 491 g/mol. The van der Waals surface area contributed by atoms with Crippen LogP contribution in [-0.2, 0) is 21.6 Å². The highest BCUT2D eigenvalue weighted by atomic mass is 32.2. The maximum atomic E-state index is 15.2. The summed E-state index contributed by atoms with van der Waals surface area (Å²) < 4.78 is 27.3. The number of halogens is 1. The minimum absolute atomic E-state index is 0.105. The second kappa shape index (κ2) is 10.7. The van der Waals surface area contributed by atoms with Crippen molar-refractivity contribution >= 4 is 22.8 Å². The summed E-state index contributed by atoms with van der Waals surface area (Å²) in [5.41, 5.74) is 1.34. The lowest BCUT2D eigenvalue weighted by molar-refractivity contribution is -0.101. The zero-order valence-corrected chi connectivity index (χ0v) is 20.0. The molecule has 1 amide bonds. The molecule has 0 spiro atoms. The van der Waals surface area contributed by atoms with Gasteiger partial charge in [-0.3, -0.25) is 9.79 Å². The first kappa shape index (κ1) is 23.7. The molecule has 2 heterocycles. The fraction of sp³-hybridized carbons (Fsp3) is 0.286. The lowest BCUT2D eigenvalue weighted by Gasteiger charge is -2.48. The Balaban J connectivity index is 1.41. The summed E-state index contributed by atoms with van der Waals surface area (Å²) >= 11 is 1.46. The van der Waals surface area contributed by atoms with Gasteiger partial charge in [-0.05, 0) is 23.8 Å². The molecule has 3 atom stereocenters. The number of nitrogens with one attached hydrogen (secondary N) is 1. The van der Waals surface area contributed by atoms with E-state index in [1.54, 1.807) is 24.3 Å². The quantitative estimate of drug-likeness (QED) is 0.518. The van der Waals surface area contributed by atoms with E-state index in [0.717, 1.165) is 5.56 Å². The Morgan fingerprint density at radius 2 is 1.77 bits per heavy atom. The van der Waals surface area contributed by atoms with Crippen molar-refractivity contribution in [1.82, 2.24) is 5.32 Å². The van der Waals surface area contributed by atoms with Crippen molar-refractivity contribution in [2.75, 3.05) is 19.0 Å². The number of hydrogen-bond acceptors (Lipinski definition) is 5. The number of fused-ring (bicyclic) bond motifs is 1. The molecule has 35 heavy (non-hydrogen) atoms. The molecule has 0 aromatic heterocycles. The smallest absolute Gasteiger partial charge is 0.257 e. The zero-order chi connectivity index (χ0) is 24.1. The number of aliphatic imine (C=N–C) groups is 1. The van der Waals surface area contributed by atoms with Crippen LogP contribution < -0.4 is 5.32 Å². The number of amidine groups is 1. The summed E-state index contributed by atoms with van der Waals surface area (Å²) in [6.45, 7) is 1.30. The van der Waals surface area contributed by atoms with Gasteiger partial charge in [0.05, 0.1) is 24.9 Å². The first-order chi connectivity index (χ1) is 17.2.